The van der Waals surface area contributed by atoms with Gasteiger partial charge in [0.1, 0.15) is 15.7 Å². The van der Waals surface area contributed by atoms with Gasteiger partial charge in [0.05, 0.1) is 17.1 Å². The zero-order valence-corrected chi connectivity index (χ0v) is 11.2. The fraction of sp³-hybridized carbons (Fsp3) is 0.500. The summed E-state index contributed by atoms with van der Waals surface area (Å²) >= 11 is 0. The molecule has 0 aliphatic carbocycles. The first kappa shape index (κ1) is 15.1. The second kappa shape index (κ2) is 5.23. The molecule has 20 heavy (non-hydrogen) atoms. The van der Waals surface area contributed by atoms with E-state index in [4.69, 9.17) is 0 Å². The van der Waals surface area contributed by atoms with Crippen LogP contribution in [0.15, 0.2) is 18.2 Å². The van der Waals surface area contributed by atoms with Crippen LogP contribution in [-0.2, 0) is 16.0 Å². The molecule has 2 rings (SSSR count). The average Bonchev–Trinajstić information content (AvgIpc) is 2.33. The quantitative estimate of drug-likeness (QED) is 0.854. The third-order valence-electron chi connectivity index (χ3n) is 3.20. The van der Waals surface area contributed by atoms with Crippen LogP contribution in [0.25, 0.3) is 0 Å². The Labute approximate surface area is 113 Å². The highest BCUT2D eigenvalue weighted by Crippen LogP contribution is 2.33. The van der Waals surface area contributed by atoms with E-state index in [0.29, 0.717) is 18.9 Å². The summed E-state index contributed by atoms with van der Waals surface area (Å²) in [7, 11) is -3.03. The monoisotopic (exact) mass is 311 g/mol. The smallest absolute Gasteiger partial charge is 0.382 e. The van der Waals surface area contributed by atoms with Crippen molar-refractivity contribution in [3.8, 4) is 0 Å². The van der Waals surface area contributed by atoms with Gasteiger partial charge in [-0.15, -0.1) is 0 Å². The summed E-state index contributed by atoms with van der Waals surface area (Å²) in [5.41, 5.74) is -1.19. The van der Waals surface area contributed by atoms with Crippen LogP contribution in [0.1, 0.15) is 18.4 Å². The zero-order valence-electron chi connectivity index (χ0n) is 10.4. The summed E-state index contributed by atoms with van der Waals surface area (Å²) in [4.78, 5) is 0. The van der Waals surface area contributed by atoms with Gasteiger partial charge in [-0.1, -0.05) is 0 Å². The van der Waals surface area contributed by atoms with Crippen molar-refractivity contribution < 1.29 is 26.0 Å². The van der Waals surface area contributed by atoms with Gasteiger partial charge in [0.15, 0.2) is 0 Å². The Balaban J connectivity index is 2.11. The summed E-state index contributed by atoms with van der Waals surface area (Å²) in [6.45, 7) is 0. The van der Waals surface area contributed by atoms with Crippen molar-refractivity contribution in [2.45, 2.75) is 25.1 Å². The molecule has 0 atom stereocenters. The normalized spacial score (nSPS) is 19.8. The Kier molecular flexibility index (Phi) is 3.95. The van der Waals surface area contributed by atoms with Crippen molar-refractivity contribution in [1.82, 2.24) is 0 Å². The maximum absolute atomic E-state index is 13.1. The molecule has 1 aliphatic rings. The van der Waals surface area contributed by atoms with E-state index in [9.17, 15) is 26.0 Å². The second-order valence-electron chi connectivity index (χ2n) is 4.76. The van der Waals surface area contributed by atoms with E-state index >= 15 is 0 Å². The van der Waals surface area contributed by atoms with Gasteiger partial charge in [-0.3, -0.25) is 0 Å². The lowest BCUT2D eigenvalue weighted by atomic mass is 10.1. The van der Waals surface area contributed by atoms with E-state index in [1.54, 1.807) is 0 Å². The van der Waals surface area contributed by atoms with Crippen LogP contribution in [0.3, 0.4) is 0 Å². The van der Waals surface area contributed by atoms with Crippen LogP contribution in [0.5, 0.6) is 0 Å². The molecule has 1 saturated heterocycles. The lowest BCUT2D eigenvalue weighted by molar-refractivity contribution is -0.139. The molecule has 0 amide bonds. The van der Waals surface area contributed by atoms with Crippen LogP contribution in [-0.4, -0.2) is 26.0 Å². The maximum Gasteiger partial charge on any atom is 0.419 e. The Morgan fingerprint density at radius 1 is 1.15 bits per heavy atom. The van der Waals surface area contributed by atoms with Crippen LogP contribution in [0.2, 0.25) is 0 Å². The predicted octanol–water partition coefficient (Wildman–Crippen LogP) is 2.83. The first-order valence-corrected chi connectivity index (χ1v) is 7.83. The standard InChI is InChI=1S/C12H13F4NO2S/c13-11-2-1-9(7-10(11)12(14,15)16)17-8-3-5-20(18,19)6-4-8/h1-2,7-8,17H,3-6H2. The molecule has 1 fully saturated rings. The van der Waals surface area contributed by atoms with Gasteiger partial charge in [0.25, 0.3) is 0 Å². The molecule has 8 heteroatoms. The molecule has 1 heterocycles. The summed E-state index contributed by atoms with van der Waals surface area (Å²) in [6, 6.07) is 2.46. The van der Waals surface area contributed by atoms with Gasteiger partial charge >= 0.3 is 6.18 Å². The highest BCUT2D eigenvalue weighted by Gasteiger charge is 2.34. The number of nitrogens with one attached hydrogen (secondary N) is 1. The maximum atomic E-state index is 13.1. The first-order chi connectivity index (χ1) is 9.17. The van der Waals surface area contributed by atoms with Crippen LogP contribution < -0.4 is 5.32 Å². The molecule has 1 N–H and O–H groups in total. The summed E-state index contributed by atoms with van der Waals surface area (Å²) in [5, 5.41) is 2.83. The van der Waals surface area contributed by atoms with Crippen molar-refractivity contribution in [2.24, 2.45) is 0 Å². The molecular formula is C12H13F4NO2S. The van der Waals surface area contributed by atoms with Gasteiger partial charge in [-0.05, 0) is 31.0 Å². The van der Waals surface area contributed by atoms with Gasteiger partial charge in [0.2, 0.25) is 0 Å². The highest BCUT2D eigenvalue weighted by atomic mass is 32.2. The SMILES string of the molecule is O=S1(=O)CCC(Nc2ccc(F)c(C(F)(F)F)c2)CC1. The topological polar surface area (TPSA) is 46.2 Å². The third kappa shape index (κ3) is 3.62. The molecule has 0 saturated carbocycles. The number of hydrogen-bond acceptors (Lipinski definition) is 3. The van der Waals surface area contributed by atoms with E-state index in [1.165, 1.54) is 6.07 Å². The van der Waals surface area contributed by atoms with E-state index in [-0.39, 0.29) is 23.2 Å². The number of benzene rings is 1. The Bertz CT molecular complexity index is 584. The van der Waals surface area contributed by atoms with Crippen LogP contribution >= 0.6 is 0 Å². The number of anilines is 1. The Hall–Kier alpha value is -1.31. The Morgan fingerprint density at radius 2 is 1.75 bits per heavy atom. The summed E-state index contributed by atoms with van der Waals surface area (Å²) in [5.74, 6) is -1.30. The minimum absolute atomic E-state index is 0.0119. The molecule has 0 bridgehead atoms. The van der Waals surface area contributed by atoms with E-state index in [2.05, 4.69) is 5.32 Å². The van der Waals surface area contributed by atoms with Crippen molar-refractivity contribution in [3.05, 3.63) is 29.6 Å². The molecule has 1 aromatic rings. The summed E-state index contributed by atoms with van der Waals surface area (Å²) < 4.78 is 73.3. The minimum Gasteiger partial charge on any atom is -0.382 e. The lowest BCUT2D eigenvalue weighted by Crippen LogP contribution is -2.32. The van der Waals surface area contributed by atoms with Crippen molar-refractivity contribution >= 4 is 15.5 Å². The zero-order chi connectivity index (χ0) is 15.0. The number of hydrogen-bond donors (Lipinski definition) is 1. The van der Waals surface area contributed by atoms with E-state index in [0.717, 1.165) is 6.07 Å². The van der Waals surface area contributed by atoms with Crippen molar-refractivity contribution in [2.75, 3.05) is 16.8 Å². The second-order valence-corrected chi connectivity index (χ2v) is 7.07. The molecule has 1 aromatic carbocycles. The summed E-state index contributed by atoms with van der Waals surface area (Å²) in [6.07, 6.45) is -4.08. The molecule has 0 unspecified atom stereocenters. The molecule has 112 valence electrons. The molecule has 0 radical (unpaired) electrons. The molecule has 3 nitrogen and oxygen atoms in total. The van der Waals surface area contributed by atoms with Gasteiger partial charge < -0.3 is 5.32 Å². The number of sulfone groups is 1. The van der Waals surface area contributed by atoms with Crippen LogP contribution in [0, 0.1) is 5.82 Å². The number of rotatable bonds is 2. The number of alkyl halides is 3. The largest absolute Gasteiger partial charge is 0.419 e. The fourth-order valence-corrected chi connectivity index (χ4v) is 3.59. The number of halogens is 4. The fourth-order valence-electron chi connectivity index (χ4n) is 2.10. The molecule has 0 spiro atoms. The van der Waals surface area contributed by atoms with Gasteiger partial charge in [-0.2, -0.15) is 13.2 Å². The third-order valence-corrected chi connectivity index (χ3v) is 4.91. The van der Waals surface area contributed by atoms with E-state index < -0.39 is 27.4 Å². The first-order valence-electron chi connectivity index (χ1n) is 6.01. The van der Waals surface area contributed by atoms with E-state index in [1.807, 2.05) is 0 Å². The minimum atomic E-state index is -4.75. The average molecular weight is 311 g/mol. The predicted molar refractivity (Wildman–Crippen MR) is 66.7 cm³/mol. The Morgan fingerprint density at radius 3 is 2.30 bits per heavy atom. The lowest BCUT2D eigenvalue weighted by Gasteiger charge is -2.24. The highest BCUT2D eigenvalue weighted by molar-refractivity contribution is 7.91. The van der Waals surface area contributed by atoms with Crippen molar-refractivity contribution in [1.29, 1.82) is 0 Å². The van der Waals surface area contributed by atoms with Gasteiger partial charge in [-0.25, -0.2) is 12.8 Å². The molecule has 1 aliphatic heterocycles. The van der Waals surface area contributed by atoms with Crippen molar-refractivity contribution in [3.63, 3.8) is 0 Å². The molecular weight excluding hydrogens is 298 g/mol. The van der Waals surface area contributed by atoms with Gasteiger partial charge in [0, 0.05) is 11.7 Å². The molecule has 0 aromatic heterocycles. The van der Waals surface area contributed by atoms with Crippen LogP contribution in [0.4, 0.5) is 23.2 Å².